The Labute approximate surface area is 118 Å². The van der Waals surface area contributed by atoms with E-state index >= 15 is 0 Å². The Balaban J connectivity index is 2.36. The van der Waals surface area contributed by atoms with E-state index in [0.717, 1.165) is 5.56 Å². The molecule has 1 amide bonds. The van der Waals surface area contributed by atoms with E-state index in [0.29, 0.717) is 12.8 Å². The molecule has 1 saturated heterocycles. The molecule has 2 unspecified atom stereocenters. The van der Waals surface area contributed by atoms with E-state index in [1.54, 1.807) is 30.9 Å². The summed E-state index contributed by atoms with van der Waals surface area (Å²) in [5.41, 5.74) is 5.22. The number of aliphatic hydroxyl groups is 1. The lowest BCUT2D eigenvalue weighted by Gasteiger charge is -2.37. The first-order valence-electron chi connectivity index (χ1n) is 6.83. The summed E-state index contributed by atoms with van der Waals surface area (Å²) in [6.45, 7) is 3.25. The van der Waals surface area contributed by atoms with Gasteiger partial charge in [0.1, 0.15) is 5.82 Å². The lowest BCUT2D eigenvalue weighted by molar-refractivity contribution is -0.137. The van der Waals surface area contributed by atoms with E-state index in [1.807, 2.05) is 0 Å². The molecule has 3 N–H and O–H groups in total. The van der Waals surface area contributed by atoms with Crippen molar-refractivity contribution in [3.63, 3.8) is 0 Å². The molecular formula is C15H21FN2O2. The molecule has 0 bridgehead atoms. The van der Waals surface area contributed by atoms with Crippen LogP contribution in [-0.4, -0.2) is 34.1 Å². The average Bonchev–Trinajstić information content (AvgIpc) is 2.82. The topological polar surface area (TPSA) is 66.6 Å². The van der Waals surface area contributed by atoms with Gasteiger partial charge in [0, 0.05) is 0 Å². The van der Waals surface area contributed by atoms with Crippen LogP contribution in [0.25, 0.3) is 0 Å². The highest BCUT2D eigenvalue weighted by atomic mass is 19.1. The number of nitrogens with zero attached hydrogens (tertiary/aromatic N) is 1. The third kappa shape index (κ3) is 2.83. The maximum absolute atomic E-state index is 13.4. The Kier molecular flexibility index (Phi) is 4.11. The summed E-state index contributed by atoms with van der Waals surface area (Å²) in [6.07, 6.45) is 1.38. The molecule has 0 aliphatic carbocycles. The number of carbonyl (C=O) groups excluding carboxylic acids is 1. The van der Waals surface area contributed by atoms with Crippen molar-refractivity contribution in [1.82, 2.24) is 4.90 Å². The van der Waals surface area contributed by atoms with Gasteiger partial charge in [-0.15, -0.1) is 0 Å². The summed E-state index contributed by atoms with van der Waals surface area (Å²) in [4.78, 5) is 13.8. The Morgan fingerprint density at radius 1 is 1.50 bits per heavy atom. The van der Waals surface area contributed by atoms with Crippen LogP contribution in [0.2, 0.25) is 0 Å². The summed E-state index contributed by atoms with van der Waals surface area (Å²) in [5, 5.41) is 10.2. The zero-order valence-electron chi connectivity index (χ0n) is 11.8. The van der Waals surface area contributed by atoms with Crippen LogP contribution in [0.5, 0.6) is 0 Å². The summed E-state index contributed by atoms with van der Waals surface area (Å²) >= 11 is 0. The number of likely N-dealkylation sites (tertiary alicyclic amines) is 1. The molecule has 1 aliphatic heterocycles. The zero-order valence-corrected chi connectivity index (χ0v) is 11.8. The summed E-state index contributed by atoms with van der Waals surface area (Å²) < 4.78 is 13.4. The van der Waals surface area contributed by atoms with Crippen LogP contribution in [0.15, 0.2) is 24.3 Å². The Morgan fingerprint density at radius 3 is 2.75 bits per heavy atom. The molecule has 1 fully saturated rings. The maximum atomic E-state index is 13.4. The summed E-state index contributed by atoms with van der Waals surface area (Å²) in [6, 6.07) is 5.73. The van der Waals surface area contributed by atoms with Crippen molar-refractivity contribution in [1.29, 1.82) is 0 Å². The molecule has 0 spiro atoms. The van der Waals surface area contributed by atoms with E-state index in [-0.39, 0.29) is 30.4 Å². The van der Waals surface area contributed by atoms with Crippen molar-refractivity contribution in [3.8, 4) is 0 Å². The smallest absolute Gasteiger partial charge is 0.237 e. The second-order valence-corrected chi connectivity index (χ2v) is 5.82. The summed E-state index contributed by atoms with van der Waals surface area (Å²) in [5.74, 6) is -0.543. The molecule has 110 valence electrons. The van der Waals surface area contributed by atoms with Gasteiger partial charge in [0.2, 0.25) is 5.91 Å². The van der Waals surface area contributed by atoms with Gasteiger partial charge in [-0.1, -0.05) is 12.1 Å². The van der Waals surface area contributed by atoms with Gasteiger partial charge in [0.15, 0.2) is 0 Å². The standard InChI is InChI=1S/C15H21FN2O2/c1-15(2,20)13-7-6-12(18(13)14(19)9-17)10-4-3-5-11(16)8-10/h3-5,8,12-13,20H,6-7,9,17H2,1-2H3. The average molecular weight is 280 g/mol. The molecule has 1 heterocycles. The van der Waals surface area contributed by atoms with Gasteiger partial charge in [0.25, 0.3) is 0 Å². The fraction of sp³-hybridized carbons (Fsp3) is 0.533. The second-order valence-electron chi connectivity index (χ2n) is 5.82. The number of benzene rings is 1. The normalized spacial score (nSPS) is 23.1. The Morgan fingerprint density at radius 2 is 2.20 bits per heavy atom. The van der Waals surface area contributed by atoms with Gasteiger partial charge >= 0.3 is 0 Å². The van der Waals surface area contributed by atoms with Gasteiger partial charge in [-0.2, -0.15) is 0 Å². The monoisotopic (exact) mass is 280 g/mol. The first kappa shape index (κ1) is 14.9. The number of hydrogen-bond donors (Lipinski definition) is 2. The molecule has 2 rings (SSSR count). The number of rotatable bonds is 3. The van der Waals surface area contributed by atoms with E-state index in [2.05, 4.69) is 0 Å². The lowest BCUT2D eigenvalue weighted by atomic mass is 9.96. The highest BCUT2D eigenvalue weighted by molar-refractivity contribution is 5.79. The van der Waals surface area contributed by atoms with Crippen molar-refractivity contribution in [2.75, 3.05) is 6.54 Å². The molecule has 5 heteroatoms. The first-order valence-corrected chi connectivity index (χ1v) is 6.83. The SMILES string of the molecule is CC(C)(O)C1CCC(c2cccc(F)c2)N1C(=O)CN. The van der Waals surface area contributed by atoms with Crippen LogP contribution in [0, 0.1) is 5.82 Å². The third-order valence-electron chi connectivity index (χ3n) is 3.90. The van der Waals surface area contributed by atoms with E-state index < -0.39 is 5.60 Å². The van der Waals surface area contributed by atoms with Crippen molar-refractivity contribution < 1.29 is 14.3 Å². The fourth-order valence-electron chi connectivity index (χ4n) is 3.00. The second kappa shape index (κ2) is 5.50. The van der Waals surface area contributed by atoms with Crippen molar-refractivity contribution >= 4 is 5.91 Å². The van der Waals surface area contributed by atoms with Gasteiger partial charge in [0.05, 0.1) is 24.2 Å². The molecule has 1 aromatic carbocycles. The minimum atomic E-state index is -1.01. The van der Waals surface area contributed by atoms with Crippen molar-refractivity contribution in [2.45, 2.75) is 44.4 Å². The Hall–Kier alpha value is -1.46. The minimum Gasteiger partial charge on any atom is -0.388 e. The van der Waals surface area contributed by atoms with Crippen LogP contribution in [0.4, 0.5) is 4.39 Å². The molecule has 0 radical (unpaired) electrons. The number of amides is 1. The fourth-order valence-corrected chi connectivity index (χ4v) is 3.00. The number of carbonyl (C=O) groups is 1. The van der Waals surface area contributed by atoms with E-state index in [4.69, 9.17) is 5.73 Å². The van der Waals surface area contributed by atoms with E-state index in [1.165, 1.54) is 12.1 Å². The molecule has 2 atom stereocenters. The van der Waals surface area contributed by atoms with Gasteiger partial charge in [-0.3, -0.25) is 4.79 Å². The maximum Gasteiger partial charge on any atom is 0.237 e. The lowest BCUT2D eigenvalue weighted by Crippen LogP contribution is -2.50. The van der Waals surface area contributed by atoms with Crippen LogP contribution >= 0.6 is 0 Å². The molecule has 0 aromatic heterocycles. The van der Waals surface area contributed by atoms with Gasteiger partial charge < -0.3 is 15.7 Å². The van der Waals surface area contributed by atoms with Crippen LogP contribution < -0.4 is 5.73 Å². The molecular weight excluding hydrogens is 259 g/mol. The van der Waals surface area contributed by atoms with Gasteiger partial charge in [-0.25, -0.2) is 4.39 Å². The highest BCUT2D eigenvalue weighted by Crippen LogP contribution is 2.40. The predicted octanol–water partition coefficient (Wildman–Crippen LogP) is 1.59. The number of halogens is 1. The zero-order chi connectivity index (χ0) is 14.9. The molecule has 1 aromatic rings. The third-order valence-corrected chi connectivity index (χ3v) is 3.90. The summed E-state index contributed by atoms with van der Waals surface area (Å²) in [7, 11) is 0. The molecule has 1 aliphatic rings. The van der Waals surface area contributed by atoms with Crippen LogP contribution in [0.1, 0.15) is 38.3 Å². The largest absolute Gasteiger partial charge is 0.388 e. The van der Waals surface area contributed by atoms with Crippen LogP contribution in [-0.2, 0) is 4.79 Å². The molecule has 20 heavy (non-hydrogen) atoms. The number of hydrogen-bond acceptors (Lipinski definition) is 3. The number of nitrogens with two attached hydrogens (primary N) is 1. The molecule has 4 nitrogen and oxygen atoms in total. The molecule has 0 saturated carbocycles. The quantitative estimate of drug-likeness (QED) is 0.883. The minimum absolute atomic E-state index is 0.113. The van der Waals surface area contributed by atoms with Crippen molar-refractivity contribution in [2.24, 2.45) is 5.73 Å². The van der Waals surface area contributed by atoms with Crippen molar-refractivity contribution in [3.05, 3.63) is 35.6 Å². The highest BCUT2D eigenvalue weighted by Gasteiger charge is 2.43. The first-order chi connectivity index (χ1) is 9.34. The van der Waals surface area contributed by atoms with Crippen LogP contribution in [0.3, 0.4) is 0 Å². The van der Waals surface area contributed by atoms with Gasteiger partial charge in [-0.05, 0) is 44.4 Å². The Bertz CT molecular complexity index is 499. The van der Waals surface area contributed by atoms with E-state index in [9.17, 15) is 14.3 Å². The predicted molar refractivity (Wildman–Crippen MR) is 74.4 cm³/mol.